The van der Waals surface area contributed by atoms with Gasteiger partial charge in [-0.1, -0.05) is 23.7 Å². The van der Waals surface area contributed by atoms with Crippen LogP contribution in [0.4, 0.5) is 0 Å². The topological polar surface area (TPSA) is 182 Å². The van der Waals surface area contributed by atoms with Crippen LogP contribution in [-0.4, -0.2) is 45.3 Å². The molecule has 38 heavy (non-hydrogen) atoms. The van der Waals surface area contributed by atoms with Crippen LogP contribution in [0.2, 0.25) is 5.02 Å². The van der Waals surface area contributed by atoms with Gasteiger partial charge in [-0.3, -0.25) is 9.78 Å². The molecule has 0 bridgehead atoms. The first-order chi connectivity index (χ1) is 18.0. The van der Waals surface area contributed by atoms with Gasteiger partial charge >= 0.3 is 5.97 Å². The van der Waals surface area contributed by atoms with Crippen LogP contribution in [0.1, 0.15) is 48.3 Å². The lowest BCUT2D eigenvalue weighted by atomic mass is 10.0. The number of nitrogens with one attached hydrogen (secondary N) is 1. The van der Waals surface area contributed by atoms with Gasteiger partial charge < -0.3 is 24.5 Å². The molecule has 0 radical (unpaired) electrons. The number of ether oxygens (including phenoxy) is 2. The van der Waals surface area contributed by atoms with Crippen LogP contribution in [-0.2, 0) is 30.6 Å². The van der Waals surface area contributed by atoms with E-state index in [-0.39, 0.29) is 25.2 Å². The maximum atomic E-state index is 12.9. The van der Waals surface area contributed by atoms with Crippen LogP contribution in [0.3, 0.4) is 0 Å². The van der Waals surface area contributed by atoms with E-state index in [1.54, 1.807) is 25.3 Å². The molecule has 2 aromatic rings. The lowest BCUT2D eigenvalue weighted by molar-refractivity contribution is -0.797. The van der Waals surface area contributed by atoms with Crippen LogP contribution in [0.15, 0.2) is 30.5 Å². The Bertz CT molecular complexity index is 1230. The largest absolute Gasteiger partial charge is 0.423 e. The Hall–Kier alpha value is -4.04. The number of carbonyl (C=O) groups is 2. The third-order valence-corrected chi connectivity index (χ3v) is 6.63. The van der Waals surface area contributed by atoms with Crippen LogP contribution in [0.5, 0.6) is 5.75 Å². The molecule has 1 aromatic carbocycles. The van der Waals surface area contributed by atoms with E-state index < -0.39 is 52.3 Å². The number of fused-ring (bicyclic) bond motifs is 1. The molecule has 4 rings (SSSR count). The van der Waals surface area contributed by atoms with Gasteiger partial charge in [-0.25, -0.2) is 4.79 Å². The second-order valence-corrected chi connectivity index (χ2v) is 9.34. The summed E-state index contributed by atoms with van der Waals surface area (Å²) >= 11 is 5.98. The zero-order chi connectivity index (χ0) is 27.6. The molecule has 202 valence electrons. The number of esters is 1. The third-order valence-electron chi connectivity index (χ3n) is 6.38. The van der Waals surface area contributed by atoms with Crippen molar-refractivity contribution in [3.05, 3.63) is 78.1 Å². The zero-order valence-electron chi connectivity index (χ0n) is 20.2. The average molecular weight is 551 g/mol. The van der Waals surface area contributed by atoms with Crippen molar-refractivity contribution in [3.8, 4) is 5.75 Å². The first-order valence-corrected chi connectivity index (χ1v) is 11.9. The number of amides is 1. The molecule has 5 atom stereocenters. The Morgan fingerprint density at radius 1 is 1.13 bits per heavy atom. The van der Waals surface area contributed by atoms with Crippen LogP contribution in [0, 0.1) is 33.1 Å². The molecule has 1 fully saturated rings. The first-order valence-electron chi connectivity index (χ1n) is 11.5. The Morgan fingerprint density at radius 3 is 2.32 bits per heavy atom. The van der Waals surface area contributed by atoms with E-state index >= 15 is 0 Å². The van der Waals surface area contributed by atoms with Crippen LogP contribution >= 0.6 is 11.6 Å². The molecule has 1 aliphatic carbocycles. The number of hydrogen-bond donors (Lipinski definition) is 1. The zero-order valence-corrected chi connectivity index (χ0v) is 21.0. The number of halogens is 1. The van der Waals surface area contributed by atoms with Gasteiger partial charge in [-0.05, 0) is 44.4 Å². The van der Waals surface area contributed by atoms with E-state index in [9.17, 15) is 29.8 Å². The highest BCUT2D eigenvalue weighted by Gasteiger charge is 2.43. The molecule has 1 unspecified atom stereocenters. The number of carbonyl (C=O) groups excluding carboxylic acids is 2. The number of aromatic nitrogens is 1. The number of aryl methyl sites for hydroxylation is 1. The second-order valence-electron chi connectivity index (χ2n) is 8.90. The van der Waals surface area contributed by atoms with Crippen molar-refractivity contribution in [1.29, 1.82) is 0 Å². The normalized spacial score (nSPS) is 22.7. The summed E-state index contributed by atoms with van der Waals surface area (Å²) < 4.78 is 11.5. The van der Waals surface area contributed by atoms with Crippen molar-refractivity contribution in [2.45, 2.75) is 57.6 Å². The molecule has 14 nitrogen and oxygen atoms in total. The molecule has 2 heterocycles. The summed E-state index contributed by atoms with van der Waals surface area (Å²) in [7, 11) is 0. The van der Waals surface area contributed by atoms with Crippen LogP contribution < -0.4 is 10.1 Å². The molecule has 2 aliphatic rings. The molecule has 0 spiro atoms. The summed E-state index contributed by atoms with van der Waals surface area (Å²) in [6.45, 7) is 3.25. The number of pyridine rings is 1. The van der Waals surface area contributed by atoms with Crippen molar-refractivity contribution in [1.82, 2.24) is 10.3 Å². The van der Waals surface area contributed by atoms with E-state index in [1.807, 2.05) is 12.1 Å². The van der Waals surface area contributed by atoms with E-state index in [0.29, 0.717) is 16.3 Å². The van der Waals surface area contributed by atoms with Gasteiger partial charge in [-0.15, -0.1) is 20.2 Å². The quantitative estimate of drug-likeness (QED) is 0.275. The fraction of sp³-hybridized carbons (Fsp3) is 0.435. The van der Waals surface area contributed by atoms with Gasteiger partial charge in [0.2, 0.25) is 5.91 Å². The molecule has 0 saturated heterocycles. The van der Waals surface area contributed by atoms with Gasteiger partial charge in [0.25, 0.3) is 10.2 Å². The maximum absolute atomic E-state index is 12.9. The Balaban J connectivity index is 1.42. The standard InChI is InChI=1S/C23H23ClN4O10/c1-11-20(17-10-35-21(16(17)9-25-11)13-3-5-15(24)6-4-13)36-23(30)12(2)26-22(29)14-7-18(37-27(31)32)19(8-14)38-28(33)34/h3-6,9,12,14,18-19,21H,7-8,10H2,1-2H3,(H,26,29)/t12-,14-,18+,19-,21?/m1/s1. The summed E-state index contributed by atoms with van der Waals surface area (Å²) in [6, 6.07) is 6.03. The average Bonchev–Trinajstić information content (AvgIpc) is 3.45. The van der Waals surface area contributed by atoms with Gasteiger partial charge in [0.1, 0.15) is 24.4 Å². The highest BCUT2D eigenvalue weighted by atomic mass is 35.5. The molecule has 1 amide bonds. The molecule has 1 aliphatic heterocycles. The van der Waals surface area contributed by atoms with Crippen molar-refractivity contribution < 1.29 is 38.9 Å². The fourth-order valence-electron chi connectivity index (χ4n) is 4.53. The summed E-state index contributed by atoms with van der Waals surface area (Å²) in [5.41, 5.74) is 2.69. The molecule has 1 saturated carbocycles. The van der Waals surface area contributed by atoms with E-state index in [0.717, 1.165) is 11.1 Å². The minimum Gasteiger partial charge on any atom is -0.423 e. The van der Waals surface area contributed by atoms with E-state index in [2.05, 4.69) is 20.0 Å². The summed E-state index contributed by atoms with van der Waals surface area (Å²) in [5.74, 6) is -2.12. The van der Waals surface area contributed by atoms with Gasteiger partial charge in [-0.2, -0.15) is 0 Å². The van der Waals surface area contributed by atoms with Crippen molar-refractivity contribution in [2.75, 3.05) is 0 Å². The van der Waals surface area contributed by atoms with E-state index in [1.165, 1.54) is 6.92 Å². The number of hydrogen-bond acceptors (Lipinski definition) is 11. The highest BCUT2D eigenvalue weighted by Crippen LogP contribution is 2.41. The lowest BCUT2D eigenvalue weighted by Gasteiger charge is -2.18. The highest BCUT2D eigenvalue weighted by molar-refractivity contribution is 6.30. The van der Waals surface area contributed by atoms with E-state index in [4.69, 9.17) is 21.1 Å². The SMILES string of the molecule is Cc1ncc2c(c1OC(=O)[C@@H](C)NC(=O)[C@@H]1C[C@H](O[N+](=O)[O-])[C@H](O[N+](=O)[O-])C1)COC2c1ccc(Cl)cc1. The number of benzene rings is 1. The molecule has 1 aromatic heterocycles. The lowest BCUT2D eigenvalue weighted by Crippen LogP contribution is -2.43. The predicted octanol–water partition coefficient (Wildman–Crippen LogP) is 2.64. The third kappa shape index (κ3) is 5.92. The Labute approximate surface area is 220 Å². The van der Waals surface area contributed by atoms with Crippen molar-refractivity contribution >= 4 is 23.5 Å². The summed E-state index contributed by atoms with van der Waals surface area (Å²) in [6.07, 6.45) is -1.77. The molecular weight excluding hydrogens is 528 g/mol. The summed E-state index contributed by atoms with van der Waals surface area (Å²) in [5, 5.41) is 22.3. The monoisotopic (exact) mass is 550 g/mol. The fourth-order valence-corrected chi connectivity index (χ4v) is 4.66. The van der Waals surface area contributed by atoms with Gasteiger partial charge in [0.15, 0.2) is 5.75 Å². The first kappa shape index (κ1) is 27.0. The van der Waals surface area contributed by atoms with Crippen LogP contribution in [0.25, 0.3) is 0 Å². The molecular formula is C23H23ClN4O10. The van der Waals surface area contributed by atoms with Gasteiger partial charge in [0.05, 0.1) is 12.3 Å². The second kappa shape index (κ2) is 11.1. The minimum absolute atomic E-state index is 0.174. The summed E-state index contributed by atoms with van der Waals surface area (Å²) in [4.78, 5) is 60.2. The molecule has 15 heteroatoms. The Kier molecular flexibility index (Phi) is 7.92. The smallest absolute Gasteiger partial charge is 0.333 e. The van der Waals surface area contributed by atoms with Gasteiger partial charge in [0, 0.05) is 28.3 Å². The molecule has 1 N–H and O–H groups in total. The minimum atomic E-state index is -1.30. The number of rotatable bonds is 9. The predicted molar refractivity (Wildman–Crippen MR) is 127 cm³/mol. The van der Waals surface area contributed by atoms with Crippen molar-refractivity contribution in [3.63, 3.8) is 0 Å². The van der Waals surface area contributed by atoms with Crippen molar-refractivity contribution in [2.24, 2.45) is 5.92 Å². The Morgan fingerprint density at radius 2 is 1.74 bits per heavy atom. The number of nitrogens with zero attached hydrogens (tertiary/aromatic N) is 3. The maximum Gasteiger partial charge on any atom is 0.333 e.